The average Bonchev–Trinajstić information content (AvgIpc) is 2.46. The Morgan fingerprint density at radius 2 is 2.15 bits per heavy atom. The van der Waals surface area contributed by atoms with E-state index in [9.17, 15) is 4.79 Å². The number of terminal acetylenes is 1. The minimum Gasteiger partial charge on any atom is -0.497 e. The van der Waals surface area contributed by atoms with E-state index in [4.69, 9.17) is 21.6 Å². The summed E-state index contributed by atoms with van der Waals surface area (Å²) in [5.74, 6) is 3.42. The van der Waals surface area contributed by atoms with Gasteiger partial charge in [-0.25, -0.2) is 0 Å². The Labute approximate surface area is 119 Å². The lowest BCUT2D eigenvalue weighted by atomic mass is 10.1. The maximum atomic E-state index is 11.8. The fourth-order valence-corrected chi connectivity index (χ4v) is 1.79. The first-order valence-corrected chi connectivity index (χ1v) is 6.24. The van der Waals surface area contributed by atoms with Crippen LogP contribution < -0.4 is 20.5 Å². The van der Waals surface area contributed by atoms with Crippen molar-refractivity contribution in [3.8, 4) is 23.8 Å². The molecule has 1 aromatic rings. The van der Waals surface area contributed by atoms with Crippen LogP contribution in [0.15, 0.2) is 18.2 Å². The van der Waals surface area contributed by atoms with Crippen LogP contribution in [0.2, 0.25) is 0 Å². The third-order valence-corrected chi connectivity index (χ3v) is 2.94. The third kappa shape index (κ3) is 3.90. The molecule has 0 aliphatic carbocycles. The number of carbonyl (C=O) groups excluding carboxylic acids is 1. The molecule has 0 radical (unpaired) electrons. The van der Waals surface area contributed by atoms with Gasteiger partial charge in [0.15, 0.2) is 0 Å². The Morgan fingerprint density at radius 3 is 2.70 bits per heavy atom. The van der Waals surface area contributed by atoms with Crippen LogP contribution in [0.5, 0.6) is 11.5 Å². The van der Waals surface area contributed by atoms with Crippen molar-refractivity contribution >= 4 is 5.91 Å². The number of methoxy groups -OCH3 is 2. The van der Waals surface area contributed by atoms with Crippen molar-refractivity contribution in [1.82, 2.24) is 5.32 Å². The molecular weight excluding hydrogens is 256 g/mol. The predicted molar refractivity (Wildman–Crippen MR) is 77.5 cm³/mol. The van der Waals surface area contributed by atoms with Crippen molar-refractivity contribution in [2.45, 2.75) is 25.4 Å². The highest BCUT2D eigenvalue weighted by molar-refractivity contribution is 5.82. The number of hydrogen-bond acceptors (Lipinski definition) is 4. The number of amides is 1. The van der Waals surface area contributed by atoms with Gasteiger partial charge in [-0.3, -0.25) is 4.79 Å². The quantitative estimate of drug-likeness (QED) is 0.766. The number of rotatable bonds is 6. The van der Waals surface area contributed by atoms with Crippen LogP contribution in [0.3, 0.4) is 0 Å². The summed E-state index contributed by atoms with van der Waals surface area (Å²) in [4.78, 5) is 11.8. The van der Waals surface area contributed by atoms with Crippen molar-refractivity contribution in [3.05, 3.63) is 23.8 Å². The summed E-state index contributed by atoms with van der Waals surface area (Å²) >= 11 is 0. The van der Waals surface area contributed by atoms with Crippen LogP contribution >= 0.6 is 0 Å². The molecule has 0 fully saturated rings. The SMILES string of the molecule is C#CCC(N)C(=O)NC(C)c1ccc(OC)cc1OC. The standard InChI is InChI=1S/C15H20N2O3/c1-5-6-13(16)15(18)17-10(2)12-8-7-11(19-3)9-14(12)20-4/h1,7-10,13H,6,16H2,2-4H3,(H,17,18). The first-order valence-electron chi connectivity index (χ1n) is 6.24. The highest BCUT2D eigenvalue weighted by Crippen LogP contribution is 2.29. The summed E-state index contributed by atoms with van der Waals surface area (Å²) in [7, 11) is 3.15. The number of nitrogens with two attached hydrogens (primary N) is 1. The van der Waals surface area contributed by atoms with Crippen LogP contribution in [0.1, 0.15) is 24.9 Å². The van der Waals surface area contributed by atoms with Gasteiger partial charge >= 0.3 is 0 Å². The largest absolute Gasteiger partial charge is 0.497 e. The van der Waals surface area contributed by atoms with E-state index >= 15 is 0 Å². The second kappa shape index (κ2) is 7.41. The molecule has 0 aliphatic heterocycles. The summed E-state index contributed by atoms with van der Waals surface area (Å²) in [6, 6.07) is 4.47. The van der Waals surface area contributed by atoms with Crippen molar-refractivity contribution in [2.75, 3.05) is 14.2 Å². The van der Waals surface area contributed by atoms with E-state index < -0.39 is 6.04 Å². The Morgan fingerprint density at radius 1 is 1.45 bits per heavy atom. The van der Waals surface area contributed by atoms with Gasteiger partial charge in [-0.05, 0) is 19.1 Å². The normalized spacial score (nSPS) is 12.9. The summed E-state index contributed by atoms with van der Waals surface area (Å²) in [6.07, 6.45) is 5.35. The summed E-state index contributed by atoms with van der Waals surface area (Å²) in [5.41, 5.74) is 6.51. The van der Waals surface area contributed by atoms with Crippen molar-refractivity contribution in [3.63, 3.8) is 0 Å². The third-order valence-electron chi connectivity index (χ3n) is 2.94. The van der Waals surface area contributed by atoms with Crippen LogP contribution in [-0.4, -0.2) is 26.2 Å². The Kier molecular flexibility index (Phi) is 5.88. The van der Waals surface area contributed by atoms with E-state index in [0.717, 1.165) is 5.56 Å². The van der Waals surface area contributed by atoms with Crippen molar-refractivity contribution in [1.29, 1.82) is 0 Å². The molecule has 0 bridgehead atoms. The fraction of sp³-hybridized carbons (Fsp3) is 0.400. The highest BCUT2D eigenvalue weighted by atomic mass is 16.5. The lowest BCUT2D eigenvalue weighted by Gasteiger charge is -2.19. The fourth-order valence-electron chi connectivity index (χ4n) is 1.79. The van der Waals surface area contributed by atoms with Crippen LogP contribution in [0.4, 0.5) is 0 Å². The summed E-state index contributed by atoms with van der Waals surface area (Å²) < 4.78 is 10.4. The molecule has 20 heavy (non-hydrogen) atoms. The molecule has 0 saturated carbocycles. The molecule has 1 aromatic carbocycles. The molecular formula is C15H20N2O3. The molecule has 5 nitrogen and oxygen atoms in total. The van der Waals surface area contributed by atoms with Gasteiger partial charge in [-0.1, -0.05) is 0 Å². The zero-order chi connectivity index (χ0) is 15.1. The molecule has 2 atom stereocenters. The first-order chi connectivity index (χ1) is 9.53. The molecule has 5 heteroatoms. The topological polar surface area (TPSA) is 73.6 Å². The van der Waals surface area contributed by atoms with E-state index in [-0.39, 0.29) is 18.4 Å². The zero-order valence-corrected chi connectivity index (χ0v) is 12.0. The van der Waals surface area contributed by atoms with Gasteiger partial charge in [-0.2, -0.15) is 0 Å². The van der Waals surface area contributed by atoms with Gasteiger partial charge in [0.05, 0.1) is 26.3 Å². The van der Waals surface area contributed by atoms with E-state index in [1.54, 1.807) is 20.3 Å². The highest BCUT2D eigenvalue weighted by Gasteiger charge is 2.18. The average molecular weight is 276 g/mol. The zero-order valence-electron chi connectivity index (χ0n) is 12.0. The molecule has 3 N–H and O–H groups in total. The first kappa shape index (κ1) is 15.9. The van der Waals surface area contributed by atoms with Gasteiger partial charge in [0.1, 0.15) is 11.5 Å². The lowest BCUT2D eigenvalue weighted by molar-refractivity contribution is -0.122. The Hall–Kier alpha value is -2.19. The van der Waals surface area contributed by atoms with Gasteiger partial charge in [-0.15, -0.1) is 12.3 Å². The number of carbonyl (C=O) groups is 1. The summed E-state index contributed by atoms with van der Waals surface area (Å²) in [5, 5.41) is 2.81. The van der Waals surface area contributed by atoms with Crippen LogP contribution in [-0.2, 0) is 4.79 Å². The van der Waals surface area contributed by atoms with E-state index in [2.05, 4.69) is 11.2 Å². The number of ether oxygens (including phenoxy) is 2. The van der Waals surface area contributed by atoms with E-state index in [1.807, 2.05) is 19.1 Å². The number of nitrogens with one attached hydrogen (secondary N) is 1. The van der Waals surface area contributed by atoms with Crippen LogP contribution in [0.25, 0.3) is 0 Å². The van der Waals surface area contributed by atoms with Crippen molar-refractivity contribution < 1.29 is 14.3 Å². The monoisotopic (exact) mass is 276 g/mol. The Bertz CT molecular complexity index is 508. The predicted octanol–water partition coefficient (Wildman–Crippen LogP) is 1.23. The number of hydrogen-bond donors (Lipinski definition) is 2. The van der Waals surface area contributed by atoms with Crippen LogP contribution in [0, 0.1) is 12.3 Å². The minimum atomic E-state index is -0.702. The summed E-state index contributed by atoms with van der Waals surface area (Å²) in [6.45, 7) is 1.85. The molecule has 1 amide bonds. The van der Waals surface area contributed by atoms with Gasteiger partial charge in [0.2, 0.25) is 5.91 Å². The number of benzene rings is 1. The molecule has 0 heterocycles. The van der Waals surface area contributed by atoms with Gasteiger partial charge < -0.3 is 20.5 Å². The minimum absolute atomic E-state index is 0.207. The van der Waals surface area contributed by atoms with E-state index in [0.29, 0.717) is 11.5 Å². The molecule has 0 aromatic heterocycles. The maximum absolute atomic E-state index is 11.8. The lowest BCUT2D eigenvalue weighted by Crippen LogP contribution is -2.41. The van der Waals surface area contributed by atoms with Gasteiger partial charge in [0.25, 0.3) is 0 Å². The molecule has 0 spiro atoms. The van der Waals surface area contributed by atoms with Gasteiger partial charge in [0, 0.05) is 18.1 Å². The maximum Gasteiger partial charge on any atom is 0.238 e. The van der Waals surface area contributed by atoms with Crippen molar-refractivity contribution in [2.24, 2.45) is 5.73 Å². The second-order valence-electron chi connectivity index (χ2n) is 4.35. The van der Waals surface area contributed by atoms with E-state index in [1.165, 1.54) is 0 Å². The molecule has 2 unspecified atom stereocenters. The Balaban J connectivity index is 2.84. The smallest absolute Gasteiger partial charge is 0.238 e. The molecule has 108 valence electrons. The molecule has 1 rings (SSSR count). The second-order valence-corrected chi connectivity index (χ2v) is 4.35. The molecule has 0 aliphatic rings. The molecule has 0 saturated heterocycles.